The molecule has 28 heavy (non-hydrogen) atoms. The van der Waals surface area contributed by atoms with Crippen LogP contribution < -0.4 is 5.32 Å². The molecule has 4 rings (SSSR count). The Morgan fingerprint density at radius 3 is 2.64 bits per heavy atom. The molecule has 1 aliphatic heterocycles. The molecule has 1 fully saturated rings. The van der Waals surface area contributed by atoms with Gasteiger partial charge in [0, 0.05) is 31.2 Å². The summed E-state index contributed by atoms with van der Waals surface area (Å²) in [5.41, 5.74) is 2.95. The lowest BCUT2D eigenvalue weighted by Gasteiger charge is -2.35. The van der Waals surface area contributed by atoms with Gasteiger partial charge in [-0.05, 0) is 41.8 Å². The number of aryl methyl sites for hydroxylation is 1. The molecule has 0 radical (unpaired) electrons. The number of rotatable bonds is 4. The van der Waals surface area contributed by atoms with E-state index in [-0.39, 0.29) is 18.4 Å². The summed E-state index contributed by atoms with van der Waals surface area (Å²) in [7, 11) is -3.65. The van der Waals surface area contributed by atoms with E-state index < -0.39 is 10.0 Å². The summed E-state index contributed by atoms with van der Waals surface area (Å²) >= 11 is 0. The van der Waals surface area contributed by atoms with E-state index in [1.165, 1.54) is 5.56 Å². The highest BCUT2D eigenvalue weighted by atomic mass is 35.5. The van der Waals surface area contributed by atoms with E-state index in [1.54, 1.807) is 28.7 Å². The molecule has 5 nitrogen and oxygen atoms in total. The molecular formula is C21H24ClN3O2S. The highest BCUT2D eigenvalue weighted by Crippen LogP contribution is 2.32. The molecular weight excluding hydrogens is 394 g/mol. The summed E-state index contributed by atoms with van der Waals surface area (Å²) in [4.78, 5) is 4.63. The molecule has 0 saturated carbocycles. The second kappa shape index (κ2) is 8.57. The quantitative estimate of drug-likeness (QED) is 0.705. The first kappa shape index (κ1) is 20.7. The van der Waals surface area contributed by atoms with Crippen molar-refractivity contribution in [2.75, 3.05) is 19.6 Å². The Labute approximate surface area is 172 Å². The van der Waals surface area contributed by atoms with Crippen LogP contribution in [0.2, 0.25) is 0 Å². The summed E-state index contributed by atoms with van der Waals surface area (Å²) in [6.45, 7) is 3.81. The Bertz CT molecular complexity index is 1050. The van der Waals surface area contributed by atoms with E-state index in [9.17, 15) is 8.42 Å². The number of pyridine rings is 1. The molecule has 1 saturated heterocycles. The standard InChI is InChI=1S/C21H23N3O2S.ClH/c1-2-16-8-10-17(11-9-16)20-15-22-13-14-24(20)27(25,26)21-7-3-6-19-18(21)5-4-12-23-19;/h3-12,20,22H,2,13-15H2,1H3;1H. The van der Waals surface area contributed by atoms with Gasteiger partial charge in [0.15, 0.2) is 0 Å². The van der Waals surface area contributed by atoms with Gasteiger partial charge in [-0.1, -0.05) is 37.3 Å². The van der Waals surface area contributed by atoms with E-state index in [0.29, 0.717) is 35.4 Å². The van der Waals surface area contributed by atoms with Crippen LogP contribution in [0.4, 0.5) is 0 Å². The Balaban J connectivity index is 0.00000225. The largest absolute Gasteiger partial charge is 0.313 e. The Hall–Kier alpha value is -1.99. The van der Waals surface area contributed by atoms with Crippen molar-refractivity contribution in [2.24, 2.45) is 0 Å². The number of hydrogen-bond acceptors (Lipinski definition) is 4. The predicted octanol–water partition coefficient (Wildman–Crippen LogP) is 3.55. The molecule has 0 amide bonds. The van der Waals surface area contributed by atoms with Gasteiger partial charge in [0.2, 0.25) is 10.0 Å². The van der Waals surface area contributed by atoms with Crippen LogP contribution in [-0.4, -0.2) is 37.3 Å². The number of aromatic nitrogens is 1. The van der Waals surface area contributed by atoms with E-state index in [1.807, 2.05) is 24.3 Å². The normalized spacial score (nSPS) is 18.0. The Kier molecular flexibility index (Phi) is 6.35. The smallest absolute Gasteiger partial charge is 0.244 e. The van der Waals surface area contributed by atoms with Crippen LogP contribution in [0.3, 0.4) is 0 Å². The van der Waals surface area contributed by atoms with Gasteiger partial charge in [0.25, 0.3) is 0 Å². The van der Waals surface area contributed by atoms with Crippen LogP contribution >= 0.6 is 12.4 Å². The van der Waals surface area contributed by atoms with Gasteiger partial charge in [-0.15, -0.1) is 12.4 Å². The van der Waals surface area contributed by atoms with Crippen LogP contribution in [0.25, 0.3) is 10.9 Å². The molecule has 3 aromatic rings. The lowest BCUT2D eigenvalue weighted by molar-refractivity contribution is 0.271. The van der Waals surface area contributed by atoms with Crippen LogP contribution in [0.5, 0.6) is 0 Å². The summed E-state index contributed by atoms with van der Waals surface area (Å²) in [5, 5.41) is 4.00. The minimum atomic E-state index is -3.65. The zero-order chi connectivity index (χ0) is 18.9. The summed E-state index contributed by atoms with van der Waals surface area (Å²) in [5.74, 6) is 0. The minimum Gasteiger partial charge on any atom is -0.313 e. The van der Waals surface area contributed by atoms with E-state index in [4.69, 9.17) is 0 Å². The highest BCUT2D eigenvalue weighted by molar-refractivity contribution is 7.89. The molecule has 1 unspecified atom stereocenters. The van der Waals surface area contributed by atoms with Crippen molar-refractivity contribution in [1.29, 1.82) is 0 Å². The van der Waals surface area contributed by atoms with Crippen molar-refractivity contribution in [2.45, 2.75) is 24.3 Å². The lowest BCUT2D eigenvalue weighted by Crippen LogP contribution is -2.48. The number of piperazine rings is 1. The van der Waals surface area contributed by atoms with E-state index in [0.717, 1.165) is 12.0 Å². The lowest BCUT2D eigenvalue weighted by atomic mass is 10.0. The Morgan fingerprint density at radius 2 is 1.89 bits per heavy atom. The maximum absolute atomic E-state index is 13.6. The maximum Gasteiger partial charge on any atom is 0.244 e. The monoisotopic (exact) mass is 417 g/mol. The number of hydrogen-bond donors (Lipinski definition) is 1. The molecule has 1 atom stereocenters. The average Bonchev–Trinajstić information content (AvgIpc) is 2.73. The first-order chi connectivity index (χ1) is 13.1. The SMILES string of the molecule is CCc1ccc(C2CNCCN2S(=O)(=O)c2cccc3ncccc23)cc1.Cl. The summed E-state index contributed by atoms with van der Waals surface area (Å²) in [6.07, 6.45) is 2.65. The molecule has 1 N–H and O–H groups in total. The molecule has 1 aromatic heterocycles. The maximum atomic E-state index is 13.6. The highest BCUT2D eigenvalue weighted by Gasteiger charge is 2.35. The summed E-state index contributed by atoms with van der Waals surface area (Å²) in [6, 6.07) is 16.9. The zero-order valence-corrected chi connectivity index (χ0v) is 17.3. The molecule has 1 aliphatic rings. The fourth-order valence-corrected chi connectivity index (χ4v) is 5.48. The van der Waals surface area contributed by atoms with Gasteiger partial charge in [-0.25, -0.2) is 8.42 Å². The van der Waals surface area contributed by atoms with Gasteiger partial charge < -0.3 is 5.32 Å². The fraction of sp³-hybridized carbons (Fsp3) is 0.286. The third-order valence-electron chi connectivity index (χ3n) is 5.16. The summed E-state index contributed by atoms with van der Waals surface area (Å²) < 4.78 is 28.8. The number of benzene rings is 2. The first-order valence-corrected chi connectivity index (χ1v) is 10.7. The number of sulfonamides is 1. The third kappa shape index (κ3) is 3.78. The van der Waals surface area contributed by atoms with Crippen LogP contribution in [0.1, 0.15) is 24.1 Å². The predicted molar refractivity (Wildman–Crippen MR) is 114 cm³/mol. The van der Waals surface area contributed by atoms with Crippen LogP contribution in [0, 0.1) is 0 Å². The second-order valence-electron chi connectivity index (χ2n) is 6.76. The van der Waals surface area contributed by atoms with Crippen molar-refractivity contribution in [3.63, 3.8) is 0 Å². The van der Waals surface area contributed by atoms with Gasteiger partial charge in [-0.3, -0.25) is 4.98 Å². The van der Waals surface area contributed by atoms with Gasteiger partial charge in [-0.2, -0.15) is 4.31 Å². The van der Waals surface area contributed by atoms with Crippen LogP contribution in [-0.2, 0) is 16.4 Å². The van der Waals surface area contributed by atoms with Crippen molar-refractivity contribution in [3.8, 4) is 0 Å². The van der Waals surface area contributed by atoms with Gasteiger partial charge in [0.1, 0.15) is 0 Å². The van der Waals surface area contributed by atoms with Crippen molar-refractivity contribution >= 4 is 33.3 Å². The molecule has 148 valence electrons. The molecule has 7 heteroatoms. The molecule has 0 aliphatic carbocycles. The fourth-order valence-electron chi connectivity index (χ4n) is 3.66. The minimum absolute atomic E-state index is 0. The molecule has 0 bridgehead atoms. The number of fused-ring (bicyclic) bond motifs is 1. The number of nitrogens with one attached hydrogen (secondary N) is 1. The van der Waals surface area contributed by atoms with E-state index >= 15 is 0 Å². The molecule has 2 aromatic carbocycles. The third-order valence-corrected chi connectivity index (χ3v) is 7.13. The first-order valence-electron chi connectivity index (χ1n) is 9.26. The Morgan fingerprint density at radius 1 is 1.11 bits per heavy atom. The van der Waals surface area contributed by atoms with Crippen LogP contribution in [0.15, 0.2) is 65.7 Å². The van der Waals surface area contributed by atoms with Gasteiger partial charge >= 0.3 is 0 Å². The van der Waals surface area contributed by atoms with Crippen molar-refractivity contribution < 1.29 is 8.42 Å². The topological polar surface area (TPSA) is 62.3 Å². The number of halogens is 1. The molecule has 0 spiro atoms. The van der Waals surface area contributed by atoms with Crippen molar-refractivity contribution in [1.82, 2.24) is 14.6 Å². The zero-order valence-electron chi connectivity index (χ0n) is 15.7. The second-order valence-corrected chi connectivity index (χ2v) is 8.62. The number of nitrogens with zero attached hydrogens (tertiary/aromatic N) is 2. The van der Waals surface area contributed by atoms with E-state index in [2.05, 4.69) is 29.4 Å². The molecule has 2 heterocycles. The average molecular weight is 418 g/mol. The van der Waals surface area contributed by atoms with Gasteiger partial charge in [0.05, 0.1) is 16.5 Å². The van der Waals surface area contributed by atoms with Crippen molar-refractivity contribution in [3.05, 3.63) is 71.9 Å².